The molecule has 0 spiro atoms. The molecule has 2 aliphatic rings. The van der Waals surface area contributed by atoms with E-state index in [1.54, 1.807) is 0 Å². The van der Waals surface area contributed by atoms with Gasteiger partial charge in [-0.1, -0.05) is 0 Å². The molecule has 0 aromatic rings. The summed E-state index contributed by atoms with van der Waals surface area (Å²) in [4.78, 5) is 6.44. The molecule has 1 saturated heterocycles. The molecule has 2 fully saturated rings. The fourth-order valence-electron chi connectivity index (χ4n) is 2.11. The van der Waals surface area contributed by atoms with Crippen LogP contribution in [-0.2, 0) is 9.47 Å². The Morgan fingerprint density at radius 1 is 1.42 bits per heavy atom. The van der Waals surface area contributed by atoms with Crippen LogP contribution in [-0.4, -0.2) is 56.4 Å². The van der Waals surface area contributed by atoms with Gasteiger partial charge in [-0.3, -0.25) is 4.99 Å². The molecular weight excluding hydrogens is 357 g/mol. The molecule has 1 heterocycles. The Morgan fingerprint density at radius 3 is 2.84 bits per heavy atom. The third-order valence-electron chi connectivity index (χ3n) is 3.50. The minimum atomic E-state index is 0. The van der Waals surface area contributed by atoms with Gasteiger partial charge in [0.05, 0.1) is 12.7 Å². The Morgan fingerprint density at radius 2 is 2.21 bits per heavy atom. The lowest BCUT2D eigenvalue weighted by Gasteiger charge is -2.16. The molecule has 1 aliphatic carbocycles. The van der Waals surface area contributed by atoms with Crippen LogP contribution in [0.1, 0.15) is 32.1 Å². The van der Waals surface area contributed by atoms with Crippen molar-refractivity contribution in [3.63, 3.8) is 0 Å². The van der Waals surface area contributed by atoms with Gasteiger partial charge in [0.1, 0.15) is 0 Å². The standard InChI is InChI=1S/C13H25N3O2.HI/c1-16(11-5-6-11)13(14)15-7-3-8-17-10-12-4-2-9-18-12;/h11-12H,2-10H2,1H3,(H2,14,15);1H. The highest BCUT2D eigenvalue weighted by Crippen LogP contribution is 2.24. The van der Waals surface area contributed by atoms with Crippen molar-refractivity contribution in [2.24, 2.45) is 10.7 Å². The first-order valence-corrected chi connectivity index (χ1v) is 6.99. The lowest BCUT2D eigenvalue weighted by atomic mass is 10.2. The fourth-order valence-corrected chi connectivity index (χ4v) is 2.11. The van der Waals surface area contributed by atoms with Crippen molar-refractivity contribution in [3.05, 3.63) is 0 Å². The van der Waals surface area contributed by atoms with E-state index in [-0.39, 0.29) is 24.0 Å². The van der Waals surface area contributed by atoms with Crippen molar-refractivity contribution in [2.45, 2.75) is 44.2 Å². The van der Waals surface area contributed by atoms with Gasteiger partial charge in [0, 0.05) is 32.8 Å². The van der Waals surface area contributed by atoms with Crippen molar-refractivity contribution in [3.8, 4) is 0 Å². The lowest BCUT2D eigenvalue weighted by molar-refractivity contribution is 0.0170. The number of guanidine groups is 1. The van der Waals surface area contributed by atoms with Gasteiger partial charge in [-0.05, 0) is 32.1 Å². The summed E-state index contributed by atoms with van der Waals surface area (Å²) < 4.78 is 11.1. The zero-order valence-corrected chi connectivity index (χ0v) is 14.0. The van der Waals surface area contributed by atoms with Crippen LogP contribution in [0.25, 0.3) is 0 Å². The molecule has 1 atom stereocenters. The van der Waals surface area contributed by atoms with E-state index in [0.29, 0.717) is 18.1 Å². The Hall–Kier alpha value is -0.0800. The highest BCUT2D eigenvalue weighted by molar-refractivity contribution is 14.0. The Balaban J connectivity index is 0.00000180. The summed E-state index contributed by atoms with van der Waals surface area (Å²) >= 11 is 0. The number of hydrogen-bond donors (Lipinski definition) is 1. The predicted octanol–water partition coefficient (Wildman–Crippen LogP) is 1.60. The van der Waals surface area contributed by atoms with Crippen LogP contribution in [0.2, 0.25) is 0 Å². The summed E-state index contributed by atoms with van der Waals surface area (Å²) in [7, 11) is 2.02. The van der Waals surface area contributed by atoms with E-state index in [1.165, 1.54) is 19.3 Å². The zero-order chi connectivity index (χ0) is 12.8. The summed E-state index contributed by atoms with van der Waals surface area (Å²) in [6.07, 6.45) is 6.04. The first kappa shape index (κ1) is 17.0. The van der Waals surface area contributed by atoms with Crippen molar-refractivity contribution in [1.82, 2.24) is 4.90 Å². The second-order valence-electron chi connectivity index (χ2n) is 5.15. The van der Waals surface area contributed by atoms with E-state index in [0.717, 1.165) is 39.2 Å². The number of aliphatic imine (C=N–C) groups is 1. The van der Waals surface area contributed by atoms with Crippen molar-refractivity contribution >= 4 is 29.9 Å². The smallest absolute Gasteiger partial charge is 0.191 e. The number of rotatable bonds is 7. The number of ether oxygens (including phenoxy) is 2. The van der Waals surface area contributed by atoms with Crippen LogP contribution in [0.3, 0.4) is 0 Å². The van der Waals surface area contributed by atoms with E-state index in [2.05, 4.69) is 9.89 Å². The molecule has 6 heteroatoms. The molecule has 2 rings (SSSR count). The Labute approximate surface area is 132 Å². The molecule has 1 aliphatic heterocycles. The second-order valence-corrected chi connectivity index (χ2v) is 5.15. The first-order chi connectivity index (χ1) is 8.77. The molecule has 0 aromatic carbocycles. The molecule has 1 unspecified atom stereocenters. The van der Waals surface area contributed by atoms with Crippen LogP contribution < -0.4 is 5.73 Å². The molecule has 0 aromatic heterocycles. The summed E-state index contributed by atoms with van der Waals surface area (Å²) in [5, 5.41) is 0. The van der Waals surface area contributed by atoms with Gasteiger partial charge in [-0.25, -0.2) is 0 Å². The molecule has 0 bridgehead atoms. The minimum Gasteiger partial charge on any atom is -0.379 e. The molecule has 1 saturated carbocycles. The molecule has 19 heavy (non-hydrogen) atoms. The molecule has 0 amide bonds. The van der Waals surface area contributed by atoms with Crippen LogP contribution in [0, 0.1) is 0 Å². The third kappa shape index (κ3) is 6.27. The Bertz CT molecular complexity index is 279. The molecule has 2 N–H and O–H groups in total. The van der Waals surface area contributed by atoms with Crippen LogP contribution in [0.4, 0.5) is 0 Å². The van der Waals surface area contributed by atoms with Gasteiger partial charge in [0.25, 0.3) is 0 Å². The van der Waals surface area contributed by atoms with Gasteiger partial charge < -0.3 is 20.1 Å². The SMILES string of the molecule is CN(C(N)=NCCCOCC1CCCO1)C1CC1.I. The highest BCUT2D eigenvalue weighted by atomic mass is 127. The maximum absolute atomic E-state index is 5.89. The summed E-state index contributed by atoms with van der Waals surface area (Å²) in [6, 6.07) is 0.629. The fraction of sp³-hybridized carbons (Fsp3) is 0.923. The van der Waals surface area contributed by atoms with E-state index in [1.807, 2.05) is 7.05 Å². The summed E-state index contributed by atoms with van der Waals surface area (Å²) in [5.41, 5.74) is 5.89. The maximum Gasteiger partial charge on any atom is 0.191 e. The van der Waals surface area contributed by atoms with E-state index >= 15 is 0 Å². The summed E-state index contributed by atoms with van der Waals surface area (Å²) in [6.45, 7) is 3.10. The molecule has 0 radical (unpaired) electrons. The van der Waals surface area contributed by atoms with E-state index in [4.69, 9.17) is 15.2 Å². The quantitative estimate of drug-likeness (QED) is 0.314. The molecular formula is C13H26IN3O2. The first-order valence-electron chi connectivity index (χ1n) is 6.99. The second kappa shape index (κ2) is 8.97. The van der Waals surface area contributed by atoms with Crippen LogP contribution in [0.5, 0.6) is 0 Å². The van der Waals surface area contributed by atoms with E-state index in [9.17, 15) is 0 Å². The number of nitrogens with two attached hydrogens (primary N) is 1. The zero-order valence-electron chi connectivity index (χ0n) is 11.7. The van der Waals surface area contributed by atoms with Gasteiger partial charge in [0.2, 0.25) is 0 Å². The van der Waals surface area contributed by atoms with E-state index < -0.39 is 0 Å². The van der Waals surface area contributed by atoms with Gasteiger partial charge in [-0.2, -0.15) is 0 Å². The molecule has 5 nitrogen and oxygen atoms in total. The minimum absolute atomic E-state index is 0. The Kier molecular flexibility index (Phi) is 8.01. The highest BCUT2D eigenvalue weighted by Gasteiger charge is 2.27. The number of nitrogens with zero attached hydrogens (tertiary/aromatic N) is 2. The van der Waals surface area contributed by atoms with Crippen LogP contribution in [0.15, 0.2) is 4.99 Å². The normalized spacial score (nSPS) is 23.2. The van der Waals surface area contributed by atoms with Crippen molar-refractivity contribution < 1.29 is 9.47 Å². The maximum atomic E-state index is 5.89. The van der Waals surface area contributed by atoms with Crippen LogP contribution >= 0.6 is 24.0 Å². The predicted molar refractivity (Wildman–Crippen MR) is 87.1 cm³/mol. The monoisotopic (exact) mass is 383 g/mol. The number of hydrogen-bond acceptors (Lipinski definition) is 3. The van der Waals surface area contributed by atoms with Gasteiger partial charge >= 0.3 is 0 Å². The number of halogens is 1. The van der Waals surface area contributed by atoms with Crippen molar-refractivity contribution in [1.29, 1.82) is 0 Å². The average molecular weight is 383 g/mol. The van der Waals surface area contributed by atoms with Gasteiger partial charge in [-0.15, -0.1) is 24.0 Å². The summed E-state index contributed by atoms with van der Waals surface area (Å²) in [5.74, 6) is 0.664. The van der Waals surface area contributed by atoms with Crippen molar-refractivity contribution in [2.75, 3.05) is 33.4 Å². The largest absolute Gasteiger partial charge is 0.379 e. The lowest BCUT2D eigenvalue weighted by Crippen LogP contribution is -2.35. The third-order valence-corrected chi connectivity index (χ3v) is 3.50. The van der Waals surface area contributed by atoms with Gasteiger partial charge in [0.15, 0.2) is 5.96 Å². The topological polar surface area (TPSA) is 60.1 Å². The molecule has 112 valence electrons. The average Bonchev–Trinajstić information content (AvgIpc) is 3.10.